The Balaban J connectivity index is 1.87. The molecule has 3 rings (SSSR count). The lowest BCUT2D eigenvalue weighted by Gasteiger charge is -2.10. The number of nitrogens with one attached hydrogen (secondary N) is 1. The number of nitrogens with zero attached hydrogens (tertiary/aromatic N) is 2. The van der Waals surface area contributed by atoms with Crippen LogP contribution in [0.3, 0.4) is 0 Å². The zero-order valence-electron chi connectivity index (χ0n) is 11.9. The summed E-state index contributed by atoms with van der Waals surface area (Å²) in [6.45, 7) is 1.01. The lowest BCUT2D eigenvalue weighted by Crippen LogP contribution is -2.21. The van der Waals surface area contributed by atoms with Crippen LogP contribution in [0.15, 0.2) is 27.2 Å². The van der Waals surface area contributed by atoms with Crippen molar-refractivity contribution >= 4 is 15.9 Å². The molecule has 1 saturated heterocycles. The molecule has 0 amide bonds. The van der Waals surface area contributed by atoms with Crippen LogP contribution in [-0.2, 0) is 0 Å². The molecule has 1 N–H and O–H groups in total. The highest BCUT2D eigenvalue weighted by Gasteiger charge is 2.21. The van der Waals surface area contributed by atoms with Gasteiger partial charge in [-0.1, -0.05) is 18.0 Å². The summed E-state index contributed by atoms with van der Waals surface area (Å²) in [5.74, 6) is 2.02. The molecule has 5 nitrogen and oxygen atoms in total. The van der Waals surface area contributed by atoms with Crippen LogP contribution >= 0.6 is 15.9 Å². The van der Waals surface area contributed by atoms with Crippen molar-refractivity contribution < 1.29 is 9.26 Å². The Morgan fingerprint density at radius 2 is 2.24 bits per heavy atom. The van der Waals surface area contributed by atoms with Crippen molar-refractivity contribution in [2.24, 2.45) is 0 Å². The lowest BCUT2D eigenvalue weighted by molar-refractivity contribution is 0.400. The molecule has 1 aromatic heterocycles. The van der Waals surface area contributed by atoms with Crippen molar-refractivity contribution in [2.45, 2.75) is 31.7 Å². The molecule has 21 heavy (non-hydrogen) atoms. The Bertz CT molecular complexity index is 607. The van der Waals surface area contributed by atoms with Gasteiger partial charge in [0.1, 0.15) is 5.75 Å². The van der Waals surface area contributed by atoms with Crippen LogP contribution < -0.4 is 10.1 Å². The van der Waals surface area contributed by atoms with E-state index >= 15 is 0 Å². The molecule has 0 saturated carbocycles. The molecule has 1 atom stereocenters. The van der Waals surface area contributed by atoms with Gasteiger partial charge in [0.25, 0.3) is 5.89 Å². The molecule has 1 unspecified atom stereocenters. The molecule has 1 aromatic carbocycles. The molecular formula is C15H18BrN3O2. The third-order valence-electron chi connectivity index (χ3n) is 3.72. The van der Waals surface area contributed by atoms with Crippen LogP contribution in [-0.4, -0.2) is 23.8 Å². The van der Waals surface area contributed by atoms with Gasteiger partial charge in [-0.2, -0.15) is 4.98 Å². The Labute approximate surface area is 132 Å². The maximum Gasteiger partial charge on any atom is 0.259 e. The van der Waals surface area contributed by atoms with Crippen LogP contribution in [0.1, 0.15) is 37.5 Å². The van der Waals surface area contributed by atoms with Crippen LogP contribution in [0.4, 0.5) is 0 Å². The second kappa shape index (κ2) is 6.58. The second-order valence-corrected chi connectivity index (χ2v) is 6.01. The molecule has 2 heterocycles. The number of hydrogen-bond donors (Lipinski definition) is 1. The quantitative estimate of drug-likeness (QED) is 0.913. The number of halogens is 1. The SMILES string of the molecule is COc1ccc(Br)c(-c2nc(C3CCCCCN3)no2)c1. The normalized spacial score (nSPS) is 19.2. The highest BCUT2D eigenvalue weighted by atomic mass is 79.9. The molecule has 112 valence electrons. The highest BCUT2D eigenvalue weighted by Crippen LogP contribution is 2.31. The van der Waals surface area contributed by atoms with Crippen molar-refractivity contribution in [3.63, 3.8) is 0 Å². The van der Waals surface area contributed by atoms with Crippen molar-refractivity contribution in [1.82, 2.24) is 15.5 Å². The van der Waals surface area contributed by atoms with E-state index in [9.17, 15) is 0 Å². The molecule has 1 aliphatic heterocycles. The van der Waals surface area contributed by atoms with Crippen molar-refractivity contribution in [2.75, 3.05) is 13.7 Å². The summed E-state index contributed by atoms with van der Waals surface area (Å²) >= 11 is 3.52. The minimum Gasteiger partial charge on any atom is -0.497 e. The fourth-order valence-corrected chi connectivity index (χ4v) is 2.95. The molecule has 1 fully saturated rings. The van der Waals surface area contributed by atoms with E-state index in [4.69, 9.17) is 9.26 Å². The summed E-state index contributed by atoms with van der Waals surface area (Å²) in [7, 11) is 1.64. The molecule has 6 heteroatoms. The number of rotatable bonds is 3. The minimum atomic E-state index is 0.189. The average Bonchev–Trinajstić information content (AvgIpc) is 2.83. The number of aromatic nitrogens is 2. The monoisotopic (exact) mass is 351 g/mol. The van der Waals surface area contributed by atoms with E-state index in [1.807, 2.05) is 18.2 Å². The topological polar surface area (TPSA) is 60.2 Å². The van der Waals surface area contributed by atoms with E-state index in [1.54, 1.807) is 7.11 Å². The molecular weight excluding hydrogens is 334 g/mol. The van der Waals surface area contributed by atoms with Gasteiger partial charge in [-0.25, -0.2) is 0 Å². The molecule has 0 aliphatic carbocycles. The fraction of sp³-hybridized carbons (Fsp3) is 0.467. The average molecular weight is 352 g/mol. The molecule has 1 aliphatic rings. The first kappa shape index (κ1) is 14.5. The van der Waals surface area contributed by atoms with E-state index in [1.165, 1.54) is 19.3 Å². The van der Waals surface area contributed by atoms with E-state index in [2.05, 4.69) is 31.4 Å². The second-order valence-electron chi connectivity index (χ2n) is 5.16. The molecule has 0 spiro atoms. The lowest BCUT2D eigenvalue weighted by atomic mass is 10.1. The summed E-state index contributed by atoms with van der Waals surface area (Å²) < 4.78 is 11.6. The van der Waals surface area contributed by atoms with Crippen LogP contribution in [0.25, 0.3) is 11.5 Å². The Morgan fingerprint density at radius 1 is 1.33 bits per heavy atom. The number of ether oxygens (including phenoxy) is 1. The van der Waals surface area contributed by atoms with Gasteiger partial charge in [-0.05, 0) is 53.5 Å². The summed E-state index contributed by atoms with van der Waals surface area (Å²) in [4.78, 5) is 4.56. The van der Waals surface area contributed by atoms with Crippen LogP contribution in [0.5, 0.6) is 5.75 Å². The summed E-state index contributed by atoms with van der Waals surface area (Å²) in [6, 6.07) is 5.89. The van der Waals surface area contributed by atoms with Gasteiger partial charge in [-0.15, -0.1) is 0 Å². The first-order valence-corrected chi connectivity index (χ1v) is 7.98. The largest absolute Gasteiger partial charge is 0.497 e. The number of methoxy groups -OCH3 is 1. The maximum atomic E-state index is 5.44. The number of benzene rings is 1. The van der Waals surface area contributed by atoms with E-state index in [-0.39, 0.29) is 6.04 Å². The van der Waals surface area contributed by atoms with Crippen molar-refractivity contribution in [3.8, 4) is 17.2 Å². The van der Waals surface area contributed by atoms with Crippen LogP contribution in [0.2, 0.25) is 0 Å². The third-order valence-corrected chi connectivity index (χ3v) is 4.41. The van der Waals surface area contributed by atoms with E-state index < -0.39 is 0 Å². The van der Waals surface area contributed by atoms with Crippen LogP contribution in [0, 0.1) is 0 Å². The summed E-state index contributed by atoms with van der Waals surface area (Å²) in [5, 5.41) is 7.62. The third kappa shape index (κ3) is 3.27. The van der Waals surface area contributed by atoms with Crippen molar-refractivity contribution in [1.29, 1.82) is 0 Å². The van der Waals surface area contributed by atoms with Gasteiger partial charge >= 0.3 is 0 Å². The standard InChI is InChI=1S/C15H18BrN3O2/c1-20-10-6-7-12(16)11(9-10)15-18-14(19-21-15)13-5-3-2-4-8-17-13/h6-7,9,13,17H,2-5,8H2,1H3. The van der Waals surface area contributed by atoms with Gasteiger partial charge in [-0.3, -0.25) is 0 Å². The highest BCUT2D eigenvalue weighted by molar-refractivity contribution is 9.10. The predicted octanol–water partition coefficient (Wildman–Crippen LogP) is 3.71. The molecule has 2 aromatic rings. The van der Waals surface area contributed by atoms with Gasteiger partial charge in [0.2, 0.25) is 0 Å². The maximum absolute atomic E-state index is 5.44. The van der Waals surface area contributed by atoms with Gasteiger partial charge in [0.05, 0.1) is 18.7 Å². The molecule has 0 radical (unpaired) electrons. The van der Waals surface area contributed by atoms with E-state index in [0.717, 1.165) is 34.6 Å². The smallest absolute Gasteiger partial charge is 0.259 e. The Kier molecular flexibility index (Phi) is 4.55. The number of hydrogen-bond acceptors (Lipinski definition) is 5. The van der Waals surface area contributed by atoms with Crippen molar-refractivity contribution in [3.05, 3.63) is 28.5 Å². The van der Waals surface area contributed by atoms with Gasteiger partial charge in [0.15, 0.2) is 5.82 Å². The first-order valence-electron chi connectivity index (χ1n) is 7.19. The first-order chi connectivity index (χ1) is 10.3. The zero-order chi connectivity index (χ0) is 14.7. The van der Waals surface area contributed by atoms with Gasteiger partial charge in [0, 0.05) is 4.47 Å². The summed E-state index contributed by atoms with van der Waals surface area (Å²) in [6.07, 6.45) is 4.72. The fourth-order valence-electron chi connectivity index (χ4n) is 2.53. The molecule has 0 bridgehead atoms. The Morgan fingerprint density at radius 3 is 3.10 bits per heavy atom. The van der Waals surface area contributed by atoms with E-state index in [0.29, 0.717) is 5.89 Å². The Hall–Kier alpha value is -1.40. The van der Waals surface area contributed by atoms with Gasteiger partial charge < -0.3 is 14.6 Å². The predicted molar refractivity (Wildman–Crippen MR) is 83.2 cm³/mol. The summed E-state index contributed by atoms with van der Waals surface area (Å²) in [5.41, 5.74) is 0.849. The minimum absolute atomic E-state index is 0.189. The zero-order valence-corrected chi connectivity index (χ0v) is 13.5.